The number of ether oxygens (including phenoxy) is 1. The maximum absolute atomic E-state index is 12.8. The second-order valence-corrected chi connectivity index (χ2v) is 2.38. The van der Waals surface area contributed by atoms with Crippen LogP contribution >= 0.6 is 11.6 Å². The largest absolute Gasteiger partial charge is 0.494 e. The molecule has 0 fully saturated rings. The highest BCUT2D eigenvalue weighted by molar-refractivity contribution is 6.31. The molecule has 0 unspecified atom stereocenters. The van der Waals surface area contributed by atoms with Crippen molar-refractivity contribution >= 4 is 11.6 Å². The molecule has 0 aliphatic carbocycles. The molecule has 0 amide bonds. The van der Waals surface area contributed by atoms with Crippen molar-refractivity contribution < 1.29 is 17.9 Å². The Morgan fingerprint density at radius 3 is 2.33 bits per heavy atom. The fraction of sp³-hybridized carbons (Fsp3) is 0.143. The van der Waals surface area contributed by atoms with Crippen LogP contribution in [0.5, 0.6) is 5.75 Å². The molecular weight excluding hydrogens is 193 g/mol. The molecule has 0 saturated carbocycles. The van der Waals surface area contributed by atoms with Gasteiger partial charge in [0.1, 0.15) is 5.02 Å². The maximum atomic E-state index is 12.8. The zero-order chi connectivity index (χ0) is 9.30. The van der Waals surface area contributed by atoms with Crippen molar-refractivity contribution in [1.29, 1.82) is 0 Å². The molecular formula is C7H4ClF3O. The molecule has 1 aromatic rings. The molecule has 0 aliphatic rings. The van der Waals surface area contributed by atoms with Crippen LogP contribution in [0.25, 0.3) is 0 Å². The monoisotopic (exact) mass is 196 g/mol. The minimum absolute atomic E-state index is 0.418. The van der Waals surface area contributed by atoms with E-state index in [1.54, 1.807) is 0 Å². The summed E-state index contributed by atoms with van der Waals surface area (Å²) >= 11 is 5.10. The van der Waals surface area contributed by atoms with E-state index in [0.717, 1.165) is 7.11 Å². The molecule has 0 atom stereocenters. The van der Waals surface area contributed by atoms with E-state index in [4.69, 9.17) is 11.6 Å². The van der Waals surface area contributed by atoms with Gasteiger partial charge in [0.25, 0.3) is 0 Å². The zero-order valence-electron chi connectivity index (χ0n) is 6.00. The third-order valence-corrected chi connectivity index (χ3v) is 1.62. The Hall–Kier alpha value is -0.900. The summed E-state index contributed by atoms with van der Waals surface area (Å²) in [5.74, 6) is -4.16. The Bertz CT molecular complexity index is 314. The minimum atomic E-state index is -1.41. The van der Waals surface area contributed by atoms with E-state index in [-0.39, 0.29) is 0 Å². The standard InChI is InChI=1S/C7H4ClF3O/c1-12-4-2-3(9)6(10)5(8)7(4)11/h2H,1H3. The van der Waals surface area contributed by atoms with Crippen molar-refractivity contribution in [3.05, 3.63) is 28.5 Å². The van der Waals surface area contributed by atoms with E-state index in [0.29, 0.717) is 6.07 Å². The Balaban J connectivity index is 3.39. The van der Waals surface area contributed by atoms with Gasteiger partial charge in [0.15, 0.2) is 23.2 Å². The van der Waals surface area contributed by atoms with Crippen LogP contribution in [-0.2, 0) is 0 Å². The lowest BCUT2D eigenvalue weighted by molar-refractivity contribution is 0.376. The zero-order valence-corrected chi connectivity index (χ0v) is 6.75. The first-order valence-corrected chi connectivity index (χ1v) is 3.32. The Kier molecular flexibility index (Phi) is 2.47. The second-order valence-electron chi connectivity index (χ2n) is 2.00. The molecule has 0 radical (unpaired) electrons. The summed E-state index contributed by atoms with van der Waals surface area (Å²) in [6.45, 7) is 0. The first-order valence-electron chi connectivity index (χ1n) is 2.95. The van der Waals surface area contributed by atoms with Crippen LogP contribution in [0.3, 0.4) is 0 Å². The molecule has 5 heteroatoms. The van der Waals surface area contributed by atoms with Gasteiger partial charge in [-0.2, -0.15) is 0 Å². The third-order valence-electron chi connectivity index (χ3n) is 1.29. The van der Waals surface area contributed by atoms with Gasteiger partial charge >= 0.3 is 0 Å². The molecule has 0 N–H and O–H groups in total. The average molecular weight is 197 g/mol. The predicted octanol–water partition coefficient (Wildman–Crippen LogP) is 2.77. The number of methoxy groups -OCH3 is 1. The van der Waals surface area contributed by atoms with Gasteiger partial charge in [-0.05, 0) is 0 Å². The molecule has 1 rings (SSSR count). The van der Waals surface area contributed by atoms with Gasteiger partial charge < -0.3 is 4.74 Å². The highest BCUT2D eigenvalue weighted by Gasteiger charge is 2.17. The molecule has 0 bridgehead atoms. The molecule has 1 nitrogen and oxygen atoms in total. The summed E-state index contributed by atoms with van der Waals surface area (Å²) in [6, 6.07) is 0.594. The fourth-order valence-corrected chi connectivity index (χ4v) is 0.883. The third kappa shape index (κ3) is 1.34. The highest BCUT2D eigenvalue weighted by atomic mass is 35.5. The van der Waals surface area contributed by atoms with E-state index in [1.165, 1.54) is 0 Å². The summed E-state index contributed by atoms with van der Waals surface area (Å²) in [4.78, 5) is 0. The Morgan fingerprint density at radius 1 is 1.25 bits per heavy atom. The van der Waals surface area contributed by atoms with Gasteiger partial charge in [-0.25, -0.2) is 13.2 Å². The summed E-state index contributed by atoms with van der Waals surface area (Å²) in [5, 5.41) is -0.896. The van der Waals surface area contributed by atoms with Crippen molar-refractivity contribution in [2.24, 2.45) is 0 Å². The van der Waals surface area contributed by atoms with Crippen LogP contribution in [0.15, 0.2) is 6.07 Å². The lowest BCUT2D eigenvalue weighted by Gasteiger charge is -2.03. The number of benzene rings is 1. The molecule has 1 aromatic carbocycles. The van der Waals surface area contributed by atoms with Gasteiger partial charge in [0, 0.05) is 6.07 Å². The van der Waals surface area contributed by atoms with Crippen molar-refractivity contribution in [3.8, 4) is 5.75 Å². The van der Waals surface area contributed by atoms with E-state index in [2.05, 4.69) is 4.74 Å². The summed E-state index contributed by atoms with van der Waals surface area (Å²) in [5.41, 5.74) is 0. The molecule has 0 spiro atoms. The van der Waals surface area contributed by atoms with Gasteiger partial charge in [0.05, 0.1) is 7.11 Å². The number of halogens is 4. The van der Waals surface area contributed by atoms with E-state index < -0.39 is 28.2 Å². The first kappa shape index (κ1) is 9.19. The predicted molar refractivity (Wildman–Crippen MR) is 37.9 cm³/mol. The van der Waals surface area contributed by atoms with Crippen LogP contribution < -0.4 is 4.74 Å². The quantitative estimate of drug-likeness (QED) is 0.496. The molecule has 12 heavy (non-hydrogen) atoms. The van der Waals surface area contributed by atoms with Crippen molar-refractivity contribution in [1.82, 2.24) is 0 Å². The normalized spacial score (nSPS) is 10.1. The van der Waals surface area contributed by atoms with Crippen molar-refractivity contribution in [3.63, 3.8) is 0 Å². The topological polar surface area (TPSA) is 9.23 Å². The molecule has 0 saturated heterocycles. The van der Waals surface area contributed by atoms with Crippen LogP contribution in [0.4, 0.5) is 13.2 Å². The minimum Gasteiger partial charge on any atom is -0.494 e. The maximum Gasteiger partial charge on any atom is 0.186 e. The van der Waals surface area contributed by atoms with Gasteiger partial charge in [-0.15, -0.1) is 0 Å². The van der Waals surface area contributed by atoms with Crippen molar-refractivity contribution in [2.75, 3.05) is 7.11 Å². The SMILES string of the molecule is COc1cc(F)c(F)c(Cl)c1F. The van der Waals surface area contributed by atoms with Crippen LogP contribution in [0.1, 0.15) is 0 Å². The smallest absolute Gasteiger partial charge is 0.186 e. The summed E-state index contributed by atoms with van der Waals surface area (Å²) in [6.07, 6.45) is 0. The van der Waals surface area contributed by atoms with Crippen LogP contribution in [-0.4, -0.2) is 7.11 Å². The van der Waals surface area contributed by atoms with Gasteiger partial charge in [-0.1, -0.05) is 11.6 Å². The van der Waals surface area contributed by atoms with Crippen LogP contribution in [0, 0.1) is 17.5 Å². The lowest BCUT2D eigenvalue weighted by Crippen LogP contribution is -1.94. The number of rotatable bonds is 1. The van der Waals surface area contributed by atoms with E-state index >= 15 is 0 Å². The number of hydrogen-bond donors (Lipinski definition) is 0. The van der Waals surface area contributed by atoms with Crippen LogP contribution in [0.2, 0.25) is 5.02 Å². The highest BCUT2D eigenvalue weighted by Crippen LogP contribution is 2.28. The summed E-state index contributed by atoms with van der Waals surface area (Å²) < 4.78 is 42.2. The Morgan fingerprint density at radius 2 is 1.83 bits per heavy atom. The molecule has 0 heterocycles. The second kappa shape index (κ2) is 3.23. The van der Waals surface area contributed by atoms with Gasteiger partial charge in [-0.3, -0.25) is 0 Å². The molecule has 66 valence electrons. The summed E-state index contributed by atoms with van der Waals surface area (Å²) in [7, 11) is 1.13. The fourth-order valence-electron chi connectivity index (χ4n) is 0.700. The average Bonchev–Trinajstić information content (AvgIpc) is 2.08. The van der Waals surface area contributed by atoms with Crippen molar-refractivity contribution in [2.45, 2.75) is 0 Å². The lowest BCUT2D eigenvalue weighted by atomic mass is 10.3. The van der Waals surface area contributed by atoms with E-state index in [9.17, 15) is 13.2 Å². The molecule has 0 aliphatic heterocycles. The van der Waals surface area contributed by atoms with E-state index in [1.807, 2.05) is 0 Å². The Labute approximate surface area is 71.7 Å². The molecule has 0 aromatic heterocycles. The first-order chi connectivity index (χ1) is 5.57. The number of hydrogen-bond acceptors (Lipinski definition) is 1. The van der Waals surface area contributed by atoms with Gasteiger partial charge in [0.2, 0.25) is 0 Å².